The first-order valence-corrected chi connectivity index (χ1v) is 5.54. The molecule has 1 nitrogen and oxygen atoms in total. The molecule has 1 aliphatic rings. The summed E-state index contributed by atoms with van der Waals surface area (Å²) in [6.45, 7) is 1.93. The van der Waals surface area contributed by atoms with Gasteiger partial charge in [0.05, 0.1) is 0 Å². The van der Waals surface area contributed by atoms with Gasteiger partial charge in [-0.15, -0.1) is 23.2 Å². The second-order valence-electron chi connectivity index (χ2n) is 3.83. The van der Waals surface area contributed by atoms with E-state index in [-0.39, 0.29) is 5.78 Å². The number of alkyl halides is 2. The van der Waals surface area contributed by atoms with E-state index in [1.807, 2.05) is 25.1 Å². The van der Waals surface area contributed by atoms with Gasteiger partial charge >= 0.3 is 0 Å². The first kappa shape index (κ1) is 10.7. The molecule has 0 saturated heterocycles. The van der Waals surface area contributed by atoms with E-state index in [0.29, 0.717) is 5.56 Å². The SMILES string of the molecule is C[C@@]1(C(Cl)Cl)C=CC(=O)c2ccccc21. The van der Waals surface area contributed by atoms with Gasteiger partial charge in [-0.3, -0.25) is 4.79 Å². The summed E-state index contributed by atoms with van der Waals surface area (Å²) in [5.74, 6) is 0.0112. The average molecular weight is 241 g/mol. The molecule has 0 radical (unpaired) electrons. The van der Waals surface area contributed by atoms with Gasteiger partial charge in [0, 0.05) is 11.0 Å². The highest BCUT2D eigenvalue weighted by atomic mass is 35.5. The topological polar surface area (TPSA) is 17.1 Å². The van der Waals surface area contributed by atoms with E-state index >= 15 is 0 Å². The Labute approximate surface area is 98.7 Å². The van der Waals surface area contributed by atoms with Crippen molar-refractivity contribution < 1.29 is 4.79 Å². The highest BCUT2D eigenvalue weighted by Gasteiger charge is 2.36. The Hall–Kier alpha value is -0.790. The quantitative estimate of drug-likeness (QED) is 0.687. The van der Waals surface area contributed by atoms with Crippen molar-refractivity contribution in [1.82, 2.24) is 0 Å². The zero-order chi connectivity index (χ0) is 11.1. The molecule has 0 heterocycles. The van der Waals surface area contributed by atoms with E-state index in [9.17, 15) is 4.79 Å². The predicted octanol–water partition coefficient (Wildman–Crippen LogP) is 3.50. The molecule has 0 aromatic heterocycles. The van der Waals surface area contributed by atoms with Crippen LogP contribution in [0.25, 0.3) is 0 Å². The molecule has 0 fully saturated rings. The first-order chi connectivity index (χ1) is 7.05. The highest BCUT2D eigenvalue weighted by molar-refractivity contribution is 6.45. The minimum atomic E-state index is -0.567. The van der Waals surface area contributed by atoms with E-state index in [1.54, 1.807) is 18.2 Å². The summed E-state index contributed by atoms with van der Waals surface area (Å²) in [7, 11) is 0. The second-order valence-corrected chi connectivity index (χ2v) is 4.92. The van der Waals surface area contributed by atoms with Crippen LogP contribution >= 0.6 is 23.2 Å². The summed E-state index contributed by atoms with van der Waals surface area (Å²) in [6, 6.07) is 7.43. The maximum absolute atomic E-state index is 11.6. The molecule has 0 aliphatic heterocycles. The summed E-state index contributed by atoms with van der Waals surface area (Å²) in [4.78, 5) is 11.1. The van der Waals surface area contributed by atoms with Gasteiger partial charge in [0.15, 0.2) is 5.78 Å². The minimum absolute atomic E-state index is 0.0112. The summed E-state index contributed by atoms with van der Waals surface area (Å²) in [5, 5.41) is 0. The standard InChI is InChI=1S/C12H10Cl2O/c1-12(11(13)14)7-6-10(15)8-4-2-3-5-9(8)12/h2-7,11H,1H3/t12-/m1/s1. The van der Waals surface area contributed by atoms with Crippen molar-refractivity contribution in [3.63, 3.8) is 0 Å². The zero-order valence-corrected chi connectivity index (χ0v) is 9.72. The van der Waals surface area contributed by atoms with Crippen molar-refractivity contribution in [2.45, 2.75) is 17.2 Å². The van der Waals surface area contributed by atoms with Crippen molar-refractivity contribution in [3.8, 4) is 0 Å². The molecule has 1 atom stereocenters. The van der Waals surface area contributed by atoms with Crippen LogP contribution < -0.4 is 0 Å². The van der Waals surface area contributed by atoms with Crippen molar-refractivity contribution in [2.24, 2.45) is 0 Å². The van der Waals surface area contributed by atoms with E-state index < -0.39 is 10.3 Å². The largest absolute Gasteiger partial charge is 0.289 e. The van der Waals surface area contributed by atoms with Gasteiger partial charge in [-0.25, -0.2) is 0 Å². The zero-order valence-electron chi connectivity index (χ0n) is 8.21. The molecule has 0 N–H and O–H groups in total. The van der Waals surface area contributed by atoms with Crippen LogP contribution in [-0.4, -0.2) is 10.6 Å². The number of carbonyl (C=O) groups is 1. The summed E-state index contributed by atoms with van der Waals surface area (Å²) in [6.07, 6.45) is 3.32. The third-order valence-electron chi connectivity index (χ3n) is 2.81. The number of fused-ring (bicyclic) bond motifs is 1. The van der Waals surface area contributed by atoms with Crippen LogP contribution in [0, 0.1) is 0 Å². The predicted molar refractivity (Wildman–Crippen MR) is 62.8 cm³/mol. The fourth-order valence-electron chi connectivity index (χ4n) is 1.79. The molecule has 15 heavy (non-hydrogen) atoms. The number of allylic oxidation sites excluding steroid dienone is 2. The van der Waals surface area contributed by atoms with Crippen LogP contribution in [0.5, 0.6) is 0 Å². The average Bonchev–Trinajstić information content (AvgIpc) is 2.24. The fourth-order valence-corrected chi connectivity index (χ4v) is 2.17. The van der Waals surface area contributed by atoms with E-state index in [1.165, 1.54) is 0 Å². The Balaban J connectivity index is 2.65. The number of carbonyl (C=O) groups excluding carboxylic acids is 1. The molecule has 0 spiro atoms. The molecule has 0 amide bonds. The number of hydrogen-bond donors (Lipinski definition) is 0. The molecule has 1 aliphatic carbocycles. The van der Waals surface area contributed by atoms with Crippen molar-refractivity contribution in [3.05, 3.63) is 47.5 Å². The lowest BCUT2D eigenvalue weighted by Crippen LogP contribution is -2.32. The van der Waals surface area contributed by atoms with Crippen molar-refractivity contribution >= 4 is 29.0 Å². The van der Waals surface area contributed by atoms with E-state index in [4.69, 9.17) is 23.2 Å². The van der Waals surface area contributed by atoms with Crippen molar-refractivity contribution in [2.75, 3.05) is 0 Å². The monoisotopic (exact) mass is 240 g/mol. The Bertz CT molecular complexity index is 437. The minimum Gasteiger partial charge on any atom is -0.289 e. The molecule has 0 bridgehead atoms. The number of benzene rings is 1. The number of hydrogen-bond acceptors (Lipinski definition) is 1. The van der Waals surface area contributed by atoms with Gasteiger partial charge in [0.1, 0.15) is 4.84 Å². The van der Waals surface area contributed by atoms with Gasteiger partial charge in [0.25, 0.3) is 0 Å². The molecule has 78 valence electrons. The summed E-state index contributed by atoms with van der Waals surface area (Å²) >= 11 is 12.0. The molecule has 1 aromatic carbocycles. The number of rotatable bonds is 1. The molecule has 1 aromatic rings. The molecular weight excluding hydrogens is 231 g/mol. The van der Waals surface area contributed by atoms with Crippen molar-refractivity contribution in [1.29, 1.82) is 0 Å². The van der Waals surface area contributed by atoms with Crippen LogP contribution in [0.4, 0.5) is 0 Å². The van der Waals surface area contributed by atoms with Gasteiger partial charge in [-0.1, -0.05) is 30.3 Å². The lowest BCUT2D eigenvalue weighted by atomic mass is 9.76. The third kappa shape index (κ3) is 1.60. The van der Waals surface area contributed by atoms with Crippen LogP contribution in [-0.2, 0) is 5.41 Å². The maximum Gasteiger partial charge on any atom is 0.185 e. The normalized spacial score (nSPS) is 24.4. The van der Waals surface area contributed by atoms with Gasteiger partial charge in [-0.2, -0.15) is 0 Å². The smallest absolute Gasteiger partial charge is 0.185 e. The molecule has 0 unspecified atom stereocenters. The van der Waals surface area contributed by atoms with Gasteiger partial charge in [-0.05, 0) is 18.6 Å². The Morgan fingerprint density at radius 2 is 1.93 bits per heavy atom. The first-order valence-electron chi connectivity index (χ1n) is 4.67. The number of ketones is 1. The summed E-state index contributed by atoms with van der Waals surface area (Å²) < 4.78 is 0. The van der Waals surface area contributed by atoms with Crippen LogP contribution in [0.3, 0.4) is 0 Å². The third-order valence-corrected chi connectivity index (χ3v) is 3.71. The Morgan fingerprint density at radius 3 is 2.60 bits per heavy atom. The molecule has 2 rings (SSSR count). The Kier molecular flexibility index (Phi) is 2.61. The molecular formula is C12H10Cl2O. The number of halogens is 2. The highest BCUT2D eigenvalue weighted by Crippen LogP contribution is 2.39. The van der Waals surface area contributed by atoms with Gasteiger partial charge < -0.3 is 0 Å². The lowest BCUT2D eigenvalue weighted by molar-refractivity contribution is 0.104. The molecule has 0 saturated carbocycles. The van der Waals surface area contributed by atoms with E-state index in [2.05, 4.69) is 0 Å². The van der Waals surface area contributed by atoms with Crippen LogP contribution in [0.2, 0.25) is 0 Å². The summed E-state index contributed by atoms with van der Waals surface area (Å²) in [5.41, 5.74) is 1.11. The van der Waals surface area contributed by atoms with Crippen LogP contribution in [0.15, 0.2) is 36.4 Å². The second kappa shape index (κ2) is 3.66. The Morgan fingerprint density at radius 1 is 1.27 bits per heavy atom. The maximum atomic E-state index is 11.6. The van der Waals surface area contributed by atoms with Gasteiger partial charge in [0.2, 0.25) is 0 Å². The molecule has 3 heteroatoms. The van der Waals surface area contributed by atoms with E-state index in [0.717, 1.165) is 5.56 Å². The lowest BCUT2D eigenvalue weighted by Gasteiger charge is -2.32. The fraction of sp³-hybridized carbons (Fsp3) is 0.250. The van der Waals surface area contributed by atoms with Crippen LogP contribution in [0.1, 0.15) is 22.8 Å².